The maximum atomic E-state index is 13.0. The predicted molar refractivity (Wildman–Crippen MR) is 134 cm³/mol. The van der Waals surface area contributed by atoms with Crippen molar-refractivity contribution in [2.75, 3.05) is 12.1 Å². The number of primary amides is 1. The summed E-state index contributed by atoms with van der Waals surface area (Å²) in [6.07, 6.45) is 0. The fourth-order valence-corrected chi connectivity index (χ4v) is 4.54. The smallest absolute Gasteiger partial charge is 0.270 e. The molecule has 0 saturated heterocycles. The van der Waals surface area contributed by atoms with Crippen LogP contribution in [0, 0.1) is 10.1 Å². The maximum Gasteiger partial charge on any atom is 0.270 e. The Hall–Kier alpha value is -5.10. The molecule has 0 saturated carbocycles. The number of nitro benzene ring substituents is 1. The maximum absolute atomic E-state index is 13.0. The Morgan fingerprint density at radius 1 is 1.03 bits per heavy atom. The van der Waals surface area contributed by atoms with Crippen LogP contribution in [0.4, 0.5) is 11.4 Å². The van der Waals surface area contributed by atoms with Crippen LogP contribution >= 0.6 is 11.6 Å². The van der Waals surface area contributed by atoms with Crippen molar-refractivity contribution in [1.82, 2.24) is 9.78 Å². The minimum Gasteiger partial charge on any atom is -0.488 e. The summed E-state index contributed by atoms with van der Waals surface area (Å²) in [6, 6.07) is 13.7. The zero-order chi connectivity index (χ0) is 26.6. The first kappa shape index (κ1) is 23.3. The summed E-state index contributed by atoms with van der Waals surface area (Å²) in [5.41, 5.74) is 7.83. The van der Waals surface area contributed by atoms with E-state index in [1.54, 1.807) is 41.1 Å². The number of carbonyl (C=O) groups is 2. The fourth-order valence-electron chi connectivity index (χ4n) is 4.33. The lowest BCUT2D eigenvalue weighted by Crippen LogP contribution is -2.16. The number of ether oxygens (including phenoxy) is 3. The Morgan fingerprint density at radius 2 is 1.82 bits per heavy atom. The van der Waals surface area contributed by atoms with Crippen molar-refractivity contribution in [3.63, 3.8) is 0 Å². The molecule has 3 aromatic carbocycles. The van der Waals surface area contributed by atoms with E-state index in [0.717, 1.165) is 6.07 Å². The zero-order valence-electron chi connectivity index (χ0n) is 19.3. The largest absolute Gasteiger partial charge is 0.488 e. The fraction of sp³-hybridized carbons (Fsp3) is 0.0800. The first-order valence-corrected chi connectivity index (χ1v) is 11.5. The van der Waals surface area contributed by atoms with E-state index in [1.165, 1.54) is 12.1 Å². The number of hydrogen-bond donors (Lipinski definition) is 2. The van der Waals surface area contributed by atoms with E-state index in [4.69, 9.17) is 31.5 Å². The highest BCUT2D eigenvalue weighted by atomic mass is 35.5. The minimum atomic E-state index is -0.724. The highest BCUT2D eigenvalue weighted by molar-refractivity contribution is 6.34. The average molecular weight is 534 g/mol. The third-order valence-electron chi connectivity index (χ3n) is 6.09. The summed E-state index contributed by atoms with van der Waals surface area (Å²) in [7, 11) is 0. The molecule has 0 fully saturated rings. The molecule has 38 heavy (non-hydrogen) atoms. The lowest BCUT2D eigenvalue weighted by molar-refractivity contribution is -0.384. The van der Waals surface area contributed by atoms with Crippen LogP contribution in [0.3, 0.4) is 0 Å². The number of hydrogen-bond acceptors (Lipinski definition) is 8. The van der Waals surface area contributed by atoms with E-state index in [9.17, 15) is 19.7 Å². The van der Waals surface area contributed by atoms with Crippen LogP contribution in [0.2, 0.25) is 5.02 Å². The molecule has 0 spiro atoms. The second-order valence-electron chi connectivity index (χ2n) is 8.36. The standard InChI is InChI=1S/C25H16ClN5O7/c26-18-4-2-14(31(34)35)8-15(18)25(33)28-12-1-5-19-16(7-12)23-17(10-36-19)22(24(27)32)29-30(23)13-3-6-20-21(9-13)38-11-37-20/h1-9H,10-11H2,(H2,27,32)(H,28,33). The summed E-state index contributed by atoms with van der Waals surface area (Å²) in [5.74, 6) is 0.227. The number of aromatic nitrogens is 2. The highest BCUT2D eigenvalue weighted by Crippen LogP contribution is 2.43. The van der Waals surface area contributed by atoms with E-state index < -0.39 is 16.7 Å². The van der Waals surface area contributed by atoms with Gasteiger partial charge in [-0.3, -0.25) is 19.7 Å². The molecule has 2 aliphatic rings. The molecule has 1 aromatic heterocycles. The quantitative estimate of drug-likeness (QED) is 0.286. The van der Waals surface area contributed by atoms with Crippen molar-refractivity contribution in [2.45, 2.75) is 6.61 Å². The van der Waals surface area contributed by atoms with Crippen LogP contribution in [-0.2, 0) is 6.61 Å². The van der Waals surface area contributed by atoms with Crippen molar-refractivity contribution >= 4 is 34.8 Å². The van der Waals surface area contributed by atoms with Crippen molar-refractivity contribution in [1.29, 1.82) is 0 Å². The molecule has 6 rings (SSSR count). The van der Waals surface area contributed by atoms with Gasteiger partial charge in [0.05, 0.1) is 26.9 Å². The molecule has 2 aliphatic heterocycles. The van der Waals surface area contributed by atoms with E-state index >= 15 is 0 Å². The SMILES string of the molecule is NC(=O)c1nn(-c2ccc3c(c2)OCO3)c2c1COc1ccc(NC(=O)c3cc([N+](=O)[O-])ccc3Cl)cc1-2. The molecule has 0 radical (unpaired) electrons. The molecule has 0 bridgehead atoms. The van der Waals surface area contributed by atoms with Gasteiger partial charge in [0.1, 0.15) is 12.4 Å². The summed E-state index contributed by atoms with van der Waals surface area (Å²) in [5, 5.41) is 18.4. The molecule has 2 amide bonds. The molecule has 3 N–H and O–H groups in total. The highest BCUT2D eigenvalue weighted by Gasteiger charge is 2.30. The van der Waals surface area contributed by atoms with E-state index in [0.29, 0.717) is 45.4 Å². The van der Waals surface area contributed by atoms with Gasteiger partial charge in [0, 0.05) is 35.0 Å². The number of nitro groups is 1. The van der Waals surface area contributed by atoms with Gasteiger partial charge in [0.25, 0.3) is 17.5 Å². The Bertz CT molecular complexity index is 1680. The van der Waals surface area contributed by atoms with Gasteiger partial charge < -0.3 is 25.3 Å². The molecular weight excluding hydrogens is 518 g/mol. The minimum absolute atomic E-state index is 0.0427. The van der Waals surface area contributed by atoms with Gasteiger partial charge in [-0.25, -0.2) is 4.68 Å². The van der Waals surface area contributed by atoms with E-state index in [2.05, 4.69) is 10.4 Å². The number of rotatable bonds is 5. The van der Waals surface area contributed by atoms with E-state index in [-0.39, 0.29) is 35.4 Å². The first-order chi connectivity index (χ1) is 18.3. The summed E-state index contributed by atoms with van der Waals surface area (Å²) >= 11 is 6.13. The van der Waals surface area contributed by atoms with Gasteiger partial charge in [0.2, 0.25) is 6.79 Å². The summed E-state index contributed by atoms with van der Waals surface area (Å²) in [4.78, 5) is 35.7. The van der Waals surface area contributed by atoms with Crippen molar-refractivity contribution in [2.24, 2.45) is 5.73 Å². The average Bonchev–Trinajstić information content (AvgIpc) is 3.53. The van der Waals surface area contributed by atoms with Crippen molar-refractivity contribution in [3.05, 3.63) is 86.6 Å². The van der Waals surface area contributed by atoms with Crippen molar-refractivity contribution < 1.29 is 28.7 Å². The lowest BCUT2D eigenvalue weighted by Gasteiger charge is -2.21. The number of halogens is 1. The third kappa shape index (κ3) is 3.83. The Labute approximate surface area is 218 Å². The monoisotopic (exact) mass is 533 g/mol. The third-order valence-corrected chi connectivity index (χ3v) is 6.42. The Balaban J connectivity index is 1.43. The molecule has 12 nitrogen and oxygen atoms in total. The second-order valence-corrected chi connectivity index (χ2v) is 8.77. The van der Waals surface area contributed by atoms with Crippen LogP contribution in [0.15, 0.2) is 54.6 Å². The molecule has 13 heteroatoms. The van der Waals surface area contributed by atoms with E-state index in [1.807, 2.05) is 0 Å². The summed E-state index contributed by atoms with van der Waals surface area (Å²) in [6.45, 7) is 0.150. The van der Waals surface area contributed by atoms with Crippen LogP contribution in [0.1, 0.15) is 26.4 Å². The van der Waals surface area contributed by atoms with Gasteiger partial charge in [-0.2, -0.15) is 5.10 Å². The Kier molecular flexibility index (Phi) is 5.39. The van der Waals surface area contributed by atoms with Gasteiger partial charge in [-0.05, 0) is 36.4 Å². The molecule has 190 valence electrons. The number of fused-ring (bicyclic) bond motifs is 4. The van der Waals surface area contributed by atoms with Crippen LogP contribution in [0.5, 0.6) is 17.2 Å². The van der Waals surface area contributed by atoms with Gasteiger partial charge in [-0.15, -0.1) is 0 Å². The molecular formula is C25H16ClN5O7. The number of carbonyl (C=O) groups excluding carboxylic acids is 2. The topological polar surface area (TPSA) is 161 Å². The van der Waals surface area contributed by atoms with Crippen LogP contribution < -0.4 is 25.3 Å². The van der Waals surface area contributed by atoms with Gasteiger partial charge in [0.15, 0.2) is 17.2 Å². The number of nitrogens with zero attached hydrogens (tertiary/aromatic N) is 3. The number of nitrogens with one attached hydrogen (secondary N) is 1. The molecule has 3 heterocycles. The number of amides is 2. The first-order valence-electron chi connectivity index (χ1n) is 11.1. The Morgan fingerprint density at radius 3 is 2.61 bits per heavy atom. The second kappa shape index (κ2) is 8.78. The van der Waals surface area contributed by atoms with Crippen molar-refractivity contribution in [3.8, 4) is 34.2 Å². The molecule has 0 aliphatic carbocycles. The zero-order valence-corrected chi connectivity index (χ0v) is 20.0. The summed E-state index contributed by atoms with van der Waals surface area (Å²) < 4.78 is 18.3. The van der Waals surface area contributed by atoms with Gasteiger partial charge >= 0.3 is 0 Å². The number of nitrogens with two attached hydrogens (primary N) is 1. The number of benzene rings is 3. The van der Waals surface area contributed by atoms with Gasteiger partial charge in [-0.1, -0.05) is 11.6 Å². The number of non-ortho nitro benzene ring substituents is 1. The predicted octanol–water partition coefficient (Wildman–Crippen LogP) is 4.07. The number of anilines is 1. The van der Waals surface area contributed by atoms with Crippen LogP contribution in [0.25, 0.3) is 16.9 Å². The molecule has 0 atom stereocenters. The molecule has 4 aromatic rings. The lowest BCUT2D eigenvalue weighted by atomic mass is 10.0. The normalized spacial score (nSPS) is 12.8. The molecule has 0 unspecified atom stereocenters. The van der Waals surface area contributed by atoms with Crippen LogP contribution in [-0.4, -0.2) is 33.3 Å².